The van der Waals surface area contributed by atoms with Crippen LogP contribution in [0.1, 0.15) is 42.9 Å². The fourth-order valence-corrected chi connectivity index (χ4v) is 3.76. The summed E-state index contributed by atoms with van der Waals surface area (Å²) in [6, 6.07) is 13.1. The van der Waals surface area contributed by atoms with Crippen LogP contribution in [-0.4, -0.2) is 41.8 Å². The smallest absolute Gasteiger partial charge is 0.237 e. The van der Waals surface area contributed by atoms with E-state index in [1.54, 1.807) is 6.07 Å². The fraction of sp³-hybridized carbons (Fsp3) is 0.400. The zero-order valence-electron chi connectivity index (χ0n) is 19.0. The van der Waals surface area contributed by atoms with E-state index in [2.05, 4.69) is 45.1 Å². The molecule has 1 heterocycles. The van der Waals surface area contributed by atoms with E-state index in [1.165, 1.54) is 5.56 Å². The predicted octanol–water partition coefficient (Wildman–Crippen LogP) is 3.37. The van der Waals surface area contributed by atoms with Crippen LogP contribution in [0.3, 0.4) is 0 Å². The maximum Gasteiger partial charge on any atom is 0.237 e. The number of nitrogens with zero attached hydrogens (tertiary/aromatic N) is 1. The molecule has 1 aliphatic heterocycles. The largest absolute Gasteiger partial charge is 0.353 e. The molecule has 1 saturated heterocycles. The summed E-state index contributed by atoms with van der Waals surface area (Å²) in [4.78, 5) is 39.4. The molecule has 0 aliphatic carbocycles. The summed E-state index contributed by atoms with van der Waals surface area (Å²) in [6.07, 6.45) is 1.27. The van der Waals surface area contributed by atoms with Crippen molar-refractivity contribution in [1.29, 1.82) is 0 Å². The molecule has 3 amide bonds. The van der Waals surface area contributed by atoms with Crippen molar-refractivity contribution >= 4 is 29.1 Å². The molecular weight excluding hydrogens is 404 g/mol. The normalized spacial score (nSPS) is 16.3. The second-order valence-corrected chi connectivity index (χ2v) is 8.34. The summed E-state index contributed by atoms with van der Waals surface area (Å²) in [5.74, 6) is -0.420. The number of rotatable bonds is 8. The molecule has 3 N–H and O–H groups in total. The standard InChI is InChI=1S/C25H32N4O3/c1-4-5-23(30)27-20-11-8-18(3)21(14-20)28-24(31)15-22-25(32)26-12-13-29(22)16-19-9-6-17(2)7-10-19/h6-11,14,22H,4-5,12-13,15-16H2,1-3H3,(H,26,32)(H,27,30)(H,28,31). The van der Waals surface area contributed by atoms with Crippen LogP contribution in [-0.2, 0) is 20.9 Å². The number of nitrogens with one attached hydrogen (secondary N) is 3. The van der Waals surface area contributed by atoms with E-state index in [4.69, 9.17) is 0 Å². The number of anilines is 2. The van der Waals surface area contributed by atoms with Crippen LogP contribution in [0.4, 0.5) is 11.4 Å². The van der Waals surface area contributed by atoms with Crippen molar-refractivity contribution in [3.05, 3.63) is 59.2 Å². The Hall–Kier alpha value is -3.19. The predicted molar refractivity (Wildman–Crippen MR) is 126 cm³/mol. The molecule has 7 heteroatoms. The lowest BCUT2D eigenvalue weighted by molar-refractivity contribution is -0.132. The first-order valence-corrected chi connectivity index (χ1v) is 11.1. The highest BCUT2D eigenvalue weighted by Gasteiger charge is 2.31. The van der Waals surface area contributed by atoms with Gasteiger partial charge in [0, 0.05) is 37.4 Å². The first-order chi connectivity index (χ1) is 15.4. The first kappa shape index (κ1) is 23.5. The van der Waals surface area contributed by atoms with Crippen LogP contribution in [0.2, 0.25) is 0 Å². The molecule has 2 aromatic carbocycles. The molecule has 1 atom stereocenters. The third-order valence-corrected chi connectivity index (χ3v) is 5.60. The Balaban J connectivity index is 1.67. The van der Waals surface area contributed by atoms with E-state index in [1.807, 2.05) is 32.9 Å². The Kier molecular flexibility index (Phi) is 8.00. The van der Waals surface area contributed by atoms with Gasteiger partial charge in [0.15, 0.2) is 0 Å². The van der Waals surface area contributed by atoms with Gasteiger partial charge in [-0.3, -0.25) is 19.3 Å². The van der Waals surface area contributed by atoms with E-state index >= 15 is 0 Å². The molecule has 3 rings (SSSR count). The summed E-state index contributed by atoms with van der Waals surface area (Å²) < 4.78 is 0. The Morgan fingerprint density at radius 2 is 1.81 bits per heavy atom. The van der Waals surface area contributed by atoms with Crippen molar-refractivity contribution in [3.8, 4) is 0 Å². The zero-order valence-corrected chi connectivity index (χ0v) is 19.0. The van der Waals surface area contributed by atoms with Crippen LogP contribution >= 0.6 is 0 Å². The lowest BCUT2D eigenvalue weighted by Gasteiger charge is -2.34. The van der Waals surface area contributed by atoms with Gasteiger partial charge in [0.05, 0.1) is 12.5 Å². The average molecular weight is 437 g/mol. The molecular formula is C25H32N4O3. The number of benzene rings is 2. The Bertz CT molecular complexity index is 972. The summed E-state index contributed by atoms with van der Waals surface area (Å²) in [7, 11) is 0. The van der Waals surface area contributed by atoms with Gasteiger partial charge in [-0.05, 0) is 43.5 Å². The molecule has 2 aromatic rings. The fourth-order valence-electron chi connectivity index (χ4n) is 3.76. The van der Waals surface area contributed by atoms with Crippen molar-refractivity contribution in [2.45, 2.75) is 52.6 Å². The molecule has 1 unspecified atom stereocenters. The summed E-state index contributed by atoms with van der Waals surface area (Å²) in [5, 5.41) is 8.64. The van der Waals surface area contributed by atoms with Crippen molar-refractivity contribution in [2.24, 2.45) is 0 Å². The van der Waals surface area contributed by atoms with Gasteiger partial charge in [0.1, 0.15) is 0 Å². The van der Waals surface area contributed by atoms with E-state index in [0.29, 0.717) is 37.4 Å². The summed E-state index contributed by atoms with van der Waals surface area (Å²) in [6.45, 7) is 7.76. The van der Waals surface area contributed by atoms with Gasteiger partial charge in [0.2, 0.25) is 17.7 Å². The van der Waals surface area contributed by atoms with E-state index < -0.39 is 6.04 Å². The average Bonchev–Trinajstić information content (AvgIpc) is 2.75. The van der Waals surface area contributed by atoms with Gasteiger partial charge in [-0.15, -0.1) is 0 Å². The number of hydrogen-bond donors (Lipinski definition) is 3. The van der Waals surface area contributed by atoms with Crippen LogP contribution in [0.25, 0.3) is 0 Å². The number of carbonyl (C=O) groups excluding carboxylic acids is 3. The molecule has 7 nitrogen and oxygen atoms in total. The van der Waals surface area contributed by atoms with Gasteiger partial charge in [-0.2, -0.15) is 0 Å². The highest BCUT2D eigenvalue weighted by molar-refractivity contribution is 5.97. The number of hydrogen-bond acceptors (Lipinski definition) is 4. The number of aryl methyl sites for hydroxylation is 2. The molecule has 0 bridgehead atoms. The van der Waals surface area contributed by atoms with Crippen molar-refractivity contribution in [2.75, 3.05) is 23.7 Å². The van der Waals surface area contributed by atoms with Gasteiger partial charge >= 0.3 is 0 Å². The number of piperazine rings is 1. The van der Waals surface area contributed by atoms with Crippen LogP contribution in [0.15, 0.2) is 42.5 Å². The van der Waals surface area contributed by atoms with Crippen LogP contribution < -0.4 is 16.0 Å². The minimum atomic E-state index is -0.530. The number of amides is 3. The monoisotopic (exact) mass is 436 g/mol. The topological polar surface area (TPSA) is 90.5 Å². The van der Waals surface area contributed by atoms with Crippen molar-refractivity contribution in [1.82, 2.24) is 10.2 Å². The molecule has 0 aromatic heterocycles. The second kappa shape index (κ2) is 10.9. The van der Waals surface area contributed by atoms with Gasteiger partial charge in [-0.25, -0.2) is 0 Å². The van der Waals surface area contributed by atoms with Gasteiger partial charge in [-0.1, -0.05) is 42.8 Å². The maximum absolute atomic E-state index is 12.9. The highest BCUT2D eigenvalue weighted by atomic mass is 16.2. The lowest BCUT2D eigenvalue weighted by atomic mass is 10.1. The van der Waals surface area contributed by atoms with E-state index in [0.717, 1.165) is 17.5 Å². The Labute approximate surface area is 189 Å². The first-order valence-electron chi connectivity index (χ1n) is 11.1. The third kappa shape index (κ3) is 6.40. The Morgan fingerprint density at radius 3 is 2.53 bits per heavy atom. The SMILES string of the molecule is CCCC(=O)Nc1ccc(C)c(NC(=O)CC2C(=O)NCCN2Cc2ccc(C)cc2)c1. The molecule has 0 saturated carbocycles. The Morgan fingerprint density at radius 1 is 1.06 bits per heavy atom. The molecule has 32 heavy (non-hydrogen) atoms. The van der Waals surface area contributed by atoms with Gasteiger partial charge in [0.25, 0.3) is 0 Å². The zero-order chi connectivity index (χ0) is 23.1. The van der Waals surface area contributed by atoms with Crippen LogP contribution in [0.5, 0.6) is 0 Å². The minimum absolute atomic E-state index is 0.0562. The van der Waals surface area contributed by atoms with Crippen molar-refractivity contribution in [3.63, 3.8) is 0 Å². The molecule has 170 valence electrons. The molecule has 0 radical (unpaired) electrons. The maximum atomic E-state index is 12.9. The van der Waals surface area contributed by atoms with E-state index in [-0.39, 0.29) is 24.1 Å². The second-order valence-electron chi connectivity index (χ2n) is 8.34. The van der Waals surface area contributed by atoms with Gasteiger partial charge < -0.3 is 16.0 Å². The van der Waals surface area contributed by atoms with Crippen LogP contribution in [0, 0.1) is 13.8 Å². The highest BCUT2D eigenvalue weighted by Crippen LogP contribution is 2.22. The minimum Gasteiger partial charge on any atom is -0.353 e. The van der Waals surface area contributed by atoms with E-state index in [9.17, 15) is 14.4 Å². The lowest BCUT2D eigenvalue weighted by Crippen LogP contribution is -2.55. The molecule has 1 fully saturated rings. The quantitative estimate of drug-likeness (QED) is 0.592. The number of carbonyl (C=O) groups is 3. The van der Waals surface area contributed by atoms with Crippen molar-refractivity contribution < 1.29 is 14.4 Å². The summed E-state index contributed by atoms with van der Waals surface area (Å²) in [5.41, 5.74) is 4.45. The summed E-state index contributed by atoms with van der Waals surface area (Å²) >= 11 is 0. The molecule has 1 aliphatic rings. The third-order valence-electron chi connectivity index (χ3n) is 5.60. The molecule has 0 spiro atoms.